The van der Waals surface area contributed by atoms with Gasteiger partial charge in [0.25, 0.3) is 0 Å². The molecule has 166 valence electrons. The number of allylic oxidation sites excluding steroid dienone is 1. The van der Waals surface area contributed by atoms with E-state index in [-0.39, 0.29) is 5.39 Å². The zero-order chi connectivity index (χ0) is 21.5. The van der Waals surface area contributed by atoms with Crippen molar-refractivity contribution in [1.82, 2.24) is 0 Å². The lowest BCUT2D eigenvalue weighted by atomic mass is 9.60. The summed E-state index contributed by atoms with van der Waals surface area (Å²) in [6.45, 7) is 3.98. The second kappa shape index (κ2) is 8.64. The molecular formula is C28H33F3. The Labute approximate surface area is 183 Å². The summed E-state index contributed by atoms with van der Waals surface area (Å²) >= 11 is 0. The first-order valence-electron chi connectivity index (χ1n) is 12.2. The van der Waals surface area contributed by atoms with Gasteiger partial charge in [-0.3, -0.25) is 0 Å². The lowest BCUT2D eigenvalue weighted by molar-refractivity contribution is 0.0748. The van der Waals surface area contributed by atoms with E-state index < -0.39 is 17.5 Å². The molecule has 0 saturated heterocycles. The third-order valence-electron chi connectivity index (χ3n) is 8.94. The van der Waals surface area contributed by atoms with Crippen LogP contribution in [0.25, 0.3) is 10.8 Å². The fraction of sp³-hybridized carbons (Fsp3) is 0.571. The zero-order valence-corrected chi connectivity index (χ0v) is 18.3. The van der Waals surface area contributed by atoms with Crippen LogP contribution >= 0.6 is 0 Å². The Hall–Kier alpha value is -1.77. The summed E-state index contributed by atoms with van der Waals surface area (Å²) in [7, 11) is 0. The maximum absolute atomic E-state index is 14.1. The van der Waals surface area contributed by atoms with Gasteiger partial charge in [-0.25, -0.2) is 13.2 Å². The molecule has 0 N–H and O–H groups in total. The van der Waals surface area contributed by atoms with E-state index in [4.69, 9.17) is 0 Å². The lowest BCUT2D eigenvalue weighted by Crippen LogP contribution is -2.34. The fourth-order valence-corrected chi connectivity index (χ4v) is 7.09. The Balaban J connectivity index is 1.25. The summed E-state index contributed by atoms with van der Waals surface area (Å²) in [5.74, 6) is 1.07. The SMILES string of the molecule is C=CC1CCC(C2CCC3CC(c4ccc5c(F)c(F)c(F)cc5c4)CCC3C2)CC1. The van der Waals surface area contributed by atoms with Crippen LogP contribution in [0.2, 0.25) is 0 Å². The van der Waals surface area contributed by atoms with E-state index in [1.165, 1.54) is 57.8 Å². The second-order valence-electron chi connectivity index (χ2n) is 10.5. The summed E-state index contributed by atoms with van der Waals surface area (Å²) in [5, 5.41) is 0.637. The van der Waals surface area contributed by atoms with E-state index in [1.807, 2.05) is 12.1 Å². The summed E-state index contributed by atoms with van der Waals surface area (Å²) in [6.07, 6.45) is 15.2. The van der Waals surface area contributed by atoms with Crippen LogP contribution in [0, 0.1) is 47.0 Å². The number of hydrogen-bond donors (Lipinski definition) is 0. The molecule has 31 heavy (non-hydrogen) atoms. The molecule has 3 aliphatic rings. The monoisotopic (exact) mass is 426 g/mol. The van der Waals surface area contributed by atoms with Gasteiger partial charge in [0.2, 0.25) is 0 Å². The highest BCUT2D eigenvalue weighted by molar-refractivity contribution is 5.84. The smallest absolute Gasteiger partial charge is 0.195 e. The van der Waals surface area contributed by atoms with Crippen LogP contribution in [0.5, 0.6) is 0 Å². The molecular weight excluding hydrogens is 393 g/mol. The summed E-state index contributed by atoms with van der Waals surface area (Å²) in [5.41, 5.74) is 1.15. The van der Waals surface area contributed by atoms with Crippen molar-refractivity contribution in [1.29, 1.82) is 0 Å². The fourth-order valence-electron chi connectivity index (χ4n) is 7.09. The Kier molecular flexibility index (Phi) is 5.88. The Morgan fingerprint density at radius 1 is 0.710 bits per heavy atom. The number of fused-ring (bicyclic) bond motifs is 2. The number of benzene rings is 2. The predicted octanol–water partition coefficient (Wildman–Crippen LogP) is 8.55. The van der Waals surface area contributed by atoms with Crippen molar-refractivity contribution in [2.45, 2.75) is 70.1 Å². The second-order valence-corrected chi connectivity index (χ2v) is 10.5. The molecule has 2 aromatic carbocycles. The van der Waals surface area contributed by atoms with Crippen LogP contribution in [0.4, 0.5) is 13.2 Å². The van der Waals surface area contributed by atoms with Gasteiger partial charge in [-0.05, 0) is 117 Å². The molecule has 0 heterocycles. The van der Waals surface area contributed by atoms with Gasteiger partial charge in [0.05, 0.1) is 0 Å². The minimum atomic E-state index is -1.38. The van der Waals surface area contributed by atoms with Gasteiger partial charge in [0.15, 0.2) is 17.5 Å². The molecule has 4 unspecified atom stereocenters. The highest BCUT2D eigenvalue weighted by atomic mass is 19.2. The third-order valence-corrected chi connectivity index (χ3v) is 8.94. The molecule has 0 aromatic heterocycles. The van der Waals surface area contributed by atoms with Crippen molar-refractivity contribution in [3.63, 3.8) is 0 Å². The molecule has 3 heteroatoms. The number of rotatable bonds is 3. The van der Waals surface area contributed by atoms with Gasteiger partial charge < -0.3 is 0 Å². The minimum Gasteiger partial charge on any atom is -0.204 e. The van der Waals surface area contributed by atoms with E-state index in [1.54, 1.807) is 6.07 Å². The molecule has 3 aliphatic carbocycles. The minimum absolute atomic E-state index is 0.169. The Morgan fingerprint density at radius 3 is 2.10 bits per heavy atom. The molecule has 0 spiro atoms. The van der Waals surface area contributed by atoms with Gasteiger partial charge in [-0.1, -0.05) is 24.3 Å². The lowest BCUT2D eigenvalue weighted by Gasteiger charge is -2.45. The molecule has 5 rings (SSSR count). The van der Waals surface area contributed by atoms with E-state index in [0.717, 1.165) is 47.6 Å². The quantitative estimate of drug-likeness (QED) is 0.341. The largest absolute Gasteiger partial charge is 0.204 e. The highest BCUT2D eigenvalue weighted by Crippen LogP contribution is 2.51. The van der Waals surface area contributed by atoms with Crippen molar-refractivity contribution >= 4 is 10.8 Å². The van der Waals surface area contributed by atoms with Crippen LogP contribution in [-0.4, -0.2) is 0 Å². The first kappa shape index (κ1) is 21.1. The summed E-state index contributed by atoms with van der Waals surface area (Å²) < 4.78 is 41.3. The summed E-state index contributed by atoms with van der Waals surface area (Å²) in [4.78, 5) is 0. The molecule has 0 bridgehead atoms. The van der Waals surface area contributed by atoms with Crippen LogP contribution in [0.3, 0.4) is 0 Å². The van der Waals surface area contributed by atoms with Crippen LogP contribution in [0.1, 0.15) is 75.7 Å². The predicted molar refractivity (Wildman–Crippen MR) is 120 cm³/mol. The first-order valence-corrected chi connectivity index (χ1v) is 12.2. The summed E-state index contributed by atoms with van der Waals surface area (Å²) in [6, 6.07) is 6.58. The van der Waals surface area contributed by atoms with Gasteiger partial charge in [0, 0.05) is 5.39 Å². The normalized spacial score (nSPS) is 33.8. The van der Waals surface area contributed by atoms with Crippen LogP contribution in [-0.2, 0) is 0 Å². The van der Waals surface area contributed by atoms with Crippen molar-refractivity contribution in [3.8, 4) is 0 Å². The Morgan fingerprint density at radius 2 is 1.35 bits per heavy atom. The highest BCUT2D eigenvalue weighted by Gasteiger charge is 2.39. The molecule has 0 radical (unpaired) electrons. The van der Waals surface area contributed by atoms with E-state index in [9.17, 15) is 13.2 Å². The van der Waals surface area contributed by atoms with Crippen molar-refractivity contribution in [2.75, 3.05) is 0 Å². The van der Waals surface area contributed by atoms with E-state index in [2.05, 4.69) is 12.7 Å². The average molecular weight is 427 g/mol. The molecule has 0 amide bonds. The van der Waals surface area contributed by atoms with Crippen molar-refractivity contribution < 1.29 is 13.2 Å². The Bertz CT molecular complexity index is 956. The molecule has 0 nitrogen and oxygen atoms in total. The number of hydrogen-bond acceptors (Lipinski definition) is 0. The molecule has 2 aromatic rings. The maximum atomic E-state index is 14.1. The standard InChI is InChI=1S/C28H33F3/c1-2-17-3-5-18(6-4-17)19-7-8-21-14-22(10-9-20(21)13-19)23-11-12-25-24(15-23)16-26(29)28(31)27(25)30/h2,11-12,15-22H,1,3-10,13-14H2. The molecule has 3 saturated carbocycles. The van der Waals surface area contributed by atoms with E-state index >= 15 is 0 Å². The van der Waals surface area contributed by atoms with Gasteiger partial charge in [0.1, 0.15) is 0 Å². The van der Waals surface area contributed by atoms with Gasteiger partial charge in [-0.2, -0.15) is 0 Å². The first-order chi connectivity index (χ1) is 15.0. The molecule has 3 fully saturated rings. The van der Waals surface area contributed by atoms with Crippen molar-refractivity contribution in [3.05, 3.63) is 59.9 Å². The van der Waals surface area contributed by atoms with Gasteiger partial charge in [-0.15, -0.1) is 6.58 Å². The van der Waals surface area contributed by atoms with Crippen molar-refractivity contribution in [2.24, 2.45) is 29.6 Å². The van der Waals surface area contributed by atoms with Crippen LogP contribution in [0.15, 0.2) is 36.9 Å². The molecule has 0 aliphatic heterocycles. The maximum Gasteiger partial charge on any atom is 0.195 e. The van der Waals surface area contributed by atoms with Gasteiger partial charge >= 0.3 is 0 Å². The topological polar surface area (TPSA) is 0 Å². The van der Waals surface area contributed by atoms with Crippen LogP contribution < -0.4 is 0 Å². The third kappa shape index (κ3) is 4.05. The average Bonchev–Trinajstić information content (AvgIpc) is 2.81. The van der Waals surface area contributed by atoms with E-state index in [0.29, 0.717) is 11.3 Å². The zero-order valence-electron chi connectivity index (χ0n) is 18.3. The number of halogens is 3. The molecule has 4 atom stereocenters.